The van der Waals surface area contributed by atoms with Gasteiger partial charge in [-0.2, -0.15) is 0 Å². The van der Waals surface area contributed by atoms with E-state index < -0.39 is 28.3 Å². The highest BCUT2D eigenvalue weighted by molar-refractivity contribution is 6.08. The van der Waals surface area contributed by atoms with Gasteiger partial charge in [-0.25, -0.2) is 13.2 Å². The smallest absolute Gasteiger partial charge is 0.251 e. The molecular weight excluding hydrogens is 1560 g/mol. The molecule has 123 heavy (non-hydrogen) atoms. The zero-order valence-electron chi connectivity index (χ0n) is 70.4. The molecule has 9 aromatic carbocycles. The van der Waals surface area contributed by atoms with Crippen molar-refractivity contribution in [3.8, 4) is 50.4 Å². The van der Waals surface area contributed by atoms with E-state index >= 15 is 0 Å². The third-order valence-electron chi connectivity index (χ3n) is 24.3. The maximum atomic E-state index is 14.0. The molecule has 4 aliphatic heterocycles. The largest absolute Gasteiger partial charge is 0.396 e. The van der Waals surface area contributed by atoms with E-state index in [-0.39, 0.29) is 77.6 Å². The minimum absolute atomic E-state index is 0.0471. The van der Waals surface area contributed by atoms with Crippen molar-refractivity contribution in [3.63, 3.8) is 0 Å². The van der Waals surface area contributed by atoms with Crippen LogP contribution in [0, 0.1) is 23.4 Å². The molecule has 4 atom stereocenters. The Labute approximate surface area is 711 Å². The molecule has 12 aromatic rings. The number of amides is 4. The molecule has 630 valence electrons. The number of benzene rings is 9. The molecule has 6 aliphatic rings. The van der Waals surface area contributed by atoms with Gasteiger partial charge < -0.3 is 54.3 Å². The average molecular weight is 1660 g/mol. The van der Waals surface area contributed by atoms with E-state index in [1.165, 1.54) is 36.4 Å². The van der Waals surface area contributed by atoms with Gasteiger partial charge in [0.25, 0.3) is 17.7 Å². The third-order valence-corrected chi connectivity index (χ3v) is 24.3. The number of aliphatic hydroxyl groups is 1. The van der Waals surface area contributed by atoms with E-state index in [1.807, 2.05) is 67.2 Å². The molecule has 5 N–H and O–H groups in total. The average Bonchev–Trinajstić information content (AvgIpc) is 1.57. The van der Waals surface area contributed by atoms with Crippen LogP contribution < -0.4 is 21.3 Å². The molecule has 3 aromatic heterocycles. The number of ketones is 2. The number of ether oxygens (including phenoxy) is 3. The Morgan fingerprint density at radius 3 is 1.13 bits per heavy atom. The SMILES string of the molecule is COCC(C)(C)c1c(-c2ccc(C(=O)NC3CCCC(=O)C3)cc2)c2cc3c(cc2n1-c1ccc(F)cc1)C=NC3.COCC(C)(C)c1c(-c2ccc(C(=O)N[C@@H]3CCNC3=O)cc2)c2cc3c(cc2n1-c1ccc(F)cc1)C=NC3.COCC(C)(C)c1c(-c2ccc(C(=O)N[C@H]3C[C@H](CO)CC3=O)cc2)c2cc3c(cc2n1-c1ccc(F)cc1)C=NC3. The second kappa shape index (κ2) is 34.8. The Balaban J connectivity index is 0.000000137. The zero-order valence-corrected chi connectivity index (χ0v) is 70.4. The number of carbonyl (C=O) groups is 6. The number of aromatic nitrogens is 3. The van der Waals surface area contributed by atoms with Crippen LogP contribution >= 0.6 is 0 Å². The number of fused-ring (bicyclic) bond motifs is 6. The van der Waals surface area contributed by atoms with Gasteiger partial charge in [0.05, 0.1) is 62.0 Å². The highest BCUT2D eigenvalue weighted by Crippen LogP contribution is 2.49. The number of nitrogens with one attached hydrogen (secondary N) is 4. The number of halogens is 3. The normalized spacial score (nSPS) is 17.1. The second-order valence-corrected chi connectivity index (χ2v) is 34.8. The second-order valence-electron chi connectivity index (χ2n) is 34.8. The Kier molecular flexibility index (Phi) is 23.8. The molecule has 2 aliphatic carbocycles. The number of hydrogen-bond acceptors (Lipinski definition) is 13. The lowest BCUT2D eigenvalue weighted by atomic mass is 9.84. The van der Waals surface area contributed by atoms with Crippen molar-refractivity contribution in [2.24, 2.45) is 20.9 Å². The van der Waals surface area contributed by atoms with E-state index in [2.05, 4.69) is 128 Å². The van der Waals surface area contributed by atoms with Crippen LogP contribution in [0.3, 0.4) is 0 Å². The summed E-state index contributed by atoms with van der Waals surface area (Å²) in [6.07, 6.45) is 9.65. The van der Waals surface area contributed by atoms with Gasteiger partial charge in [0.1, 0.15) is 29.3 Å². The van der Waals surface area contributed by atoms with E-state index in [0.29, 0.717) is 88.4 Å². The molecule has 4 amide bonds. The van der Waals surface area contributed by atoms with Gasteiger partial charge in [0, 0.05) is 178 Å². The number of nitrogens with zero attached hydrogens (tertiary/aromatic N) is 6. The molecule has 20 nitrogen and oxygen atoms in total. The van der Waals surface area contributed by atoms with Crippen LogP contribution in [-0.4, -0.2) is 145 Å². The standard InChI is InChI=1S/C34H34FN3O4.C34H34FN3O3.C32H31FN4O3/c1-34(2,19-42-3)32-31(21-4-6-22(7-5-21)33(41)37-28-12-20(18-39)13-30(28)40)27-14-23-16-36-17-24(23)15-29(27)38(32)26-10-8-25(35)9-11-26;1-34(2,20-41-3)32-31(21-7-9-22(10-8-21)33(40)37-26-5-4-6-28(39)17-26)29-15-23-18-36-19-24(23)16-30(29)38(32)27-13-11-25(35)12-14-27;1-32(2,18-40-3)29-28(19-4-6-20(7-5-19)30(38)36-26-12-13-35-31(26)39)25-14-21-16-34-17-22(21)15-27(25)37(29)24-10-8-23(33)9-11-24/h4-11,14-15,17,20,28,39H,12-13,16,18-19H2,1-3H3,(H,37,41);7-16,19,26H,4-6,17-18,20H2,1-3H3,(H,37,40);4-11,14-15,17,26H,12-13,16,18H2,1-3H3,(H,35,39)(H,36,38)/t20-,28-;;26-/m0.1/s1. The monoisotopic (exact) mass is 1660 g/mol. The lowest BCUT2D eigenvalue weighted by molar-refractivity contribution is -0.121. The van der Waals surface area contributed by atoms with Gasteiger partial charge in [-0.3, -0.25) is 43.7 Å². The third kappa shape index (κ3) is 16.9. The number of carbonyl (C=O) groups excluding carboxylic acids is 6. The van der Waals surface area contributed by atoms with Crippen LogP contribution in [0.5, 0.6) is 0 Å². The van der Waals surface area contributed by atoms with Crippen LogP contribution in [0.2, 0.25) is 0 Å². The first kappa shape index (κ1) is 84.1. The highest BCUT2D eigenvalue weighted by Gasteiger charge is 2.39. The summed E-state index contributed by atoms with van der Waals surface area (Å²) in [5.74, 6) is -1.76. The predicted molar refractivity (Wildman–Crippen MR) is 474 cm³/mol. The Morgan fingerprint density at radius 2 is 0.813 bits per heavy atom. The highest BCUT2D eigenvalue weighted by atomic mass is 19.1. The fourth-order valence-electron chi connectivity index (χ4n) is 18.6. The maximum absolute atomic E-state index is 14.0. The van der Waals surface area contributed by atoms with Crippen LogP contribution in [0.15, 0.2) is 197 Å². The molecule has 23 heteroatoms. The maximum Gasteiger partial charge on any atom is 0.251 e. The lowest BCUT2D eigenvalue weighted by Crippen LogP contribution is -2.40. The molecule has 0 radical (unpaired) electrons. The first-order chi connectivity index (χ1) is 59.2. The fraction of sp³-hybridized carbons (Fsp3) is 0.310. The molecule has 1 saturated heterocycles. The summed E-state index contributed by atoms with van der Waals surface area (Å²) in [4.78, 5) is 88.6. The molecule has 0 bridgehead atoms. The number of Topliss-reactive ketones (excluding diaryl/α,β-unsaturated/α-hetero) is 2. The van der Waals surface area contributed by atoms with Crippen molar-refractivity contribution < 1.29 is 61.3 Å². The lowest BCUT2D eigenvalue weighted by Gasteiger charge is -2.28. The van der Waals surface area contributed by atoms with Gasteiger partial charge in [-0.1, -0.05) is 77.9 Å². The zero-order chi connectivity index (χ0) is 86.3. The molecule has 0 spiro atoms. The molecular formula is C100H99F3N10O10. The minimum Gasteiger partial charge on any atom is -0.396 e. The van der Waals surface area contributed by atoms with Gasteiger partial charge in [0.15, 0.2) is 5.78 Å². The number of hydrogen-bond donors (Lipinski definition) is 5. The molecule has 1 unspecified atom stereocenters. The summed E-state index contributed by atoms with van der Waals surface area (Å²) in [5.41, 5.74) is 21.3. The van der Waals surface area contributed by atoms with Crippen molar-refractivity contribution in [2.45, 2.75) is 140 Å². The topological polar surface area (TPSA) is 250 Å². The van der Waals surface area contributed by atoms with Gasteiger partial charge >= 0.3 is 0 Å². The number of methoxy groups -OCH3 is 3. The number of aliphatic hydroxyl groups excluding tert-OH is 1. The van der Waals surface area contributed by atoms with E-state index in [9.17, 15) is 47.0 Å². The summed E-state index contributed by atoms with van der Waals surface area (Å²) in [6.45, 7) is 16.6. The van der Waals surface area contributed by atoms with Crippen LogP contribution in [-0.2, 0) is 64.5 Å². The predicted octanol–water partition coefficient (Wildman–Crippen LogP) is 16.8. The van der Waals surface area contributed by atoms with Gasteiger partial charge in [0.2, 0.25) is 5.91 Å². The van der Waals surface area contributed by atoms with E-state index in [1.54, 1.807) is 82.0 Å². The summed E-state index contributed by atoms with van der Waals surface area (Å²) < 4.78 is 65.6. The molecule has 3 fully saturated rings. The van der Waals surface area contributed by atoms with Crippen LogP contribution in [0.4, 0.5) is 13.2 Å². The summed E-state index contributed by atoms with van der Waals surface area (Å²) >= 11 is 0. The summed E-state index contributed by atoms with van der Waals surface area (Å²) in [6, 6.07) is 54.0. The van der Waals surface area contributed by atoms with Crippen molar-refractivity contribution in [2.75, 3.05) is 54.3 Å². The summed E-state index contributed by atoms with van der Waals surface area (Å²) in [5, 5.41) is 24.0. The molecule has 2 saturated carbocycles. The quantitative estimate of drug-likeness (QED) is 0.0429. The van der Waals surface area contributed by atoms with Crippen molar-refractivity contribution in [1.29, 1.82) is 0 Å². The first-order valence-electron chi connectivity index (χ1n) is 41.8. The van der Waals surface area contributed by atoms with Crippen molar-refractivity contribution in [1.82, 2.24) is 35.0 Å². The minimum atomic E-state index is -0.575. The van der Waals surface area contributed by atoms with E-state index in [4.69, 9.17) is 14.2 Å². The number of rotatable bonds is 22. The molecule has 7 heterocycles. The fourth-order valence-corrected chi connectivity index (χ4v) is 18.6. The van der Waals surface area contributed by atoms with E-state index in [0.717, 1.165) is 146 Å². The Morgan fingerprint density at radius 1 is 0.463 bits per heavy atom. The van der Waals surface area contributed by atoms with Gasteiger partial charge in [-0.05, 0) is 227 Å². The van der Waals surface area contributed by atoms with Crippen LogP contribution in [0.25, 0.3) is 83.2 Å². The van der Waals surface area contributed by atoms with Crippen molar-refractivity contribution in [3.05, 3.63) is 267 Å². The molecule has 18 rings (SSSR count). The Bertz CT molecular complexity index is 6220. The Hall–Kier alpha value is -12.5. The summed E-state index contributed by atoms with van der Waals surface area (Å²) in [7, 11) is 5.07. The van der Waals surface area contributed by atoms with Gasteiger partial charge in [-0.15, -0.1) is 0 Å². The van der Waals surface area contributed by atoms with Crippen LogP contribution in [0.1, 0.15) is 168 Å². The van der Waals surface area contributed by atoms with Crippen molar-refractivity contribution >= 4 is 86.5 Å². The first-order valence-corrected chi connectivity index (χ1v) is 41.8. The number of aliphatic imine (C=N–C) groups is 3.